The summed E-state index contributed by atoms with van der Waals surface area (Å²) in [5.74, 6) is 1.51. The van der Waals surface area contributed by atoms with Gasteiger partial charge in [-0.2, -0.15) is 0 Å². The summed E-state index contributed by atoms with van der Waals surface area (Å²) >= 11 is 0. The number of aliphatic imine (C=N–C) groups is 1. The Kier molecular flexibility index (Phi) is 7.69. The third-order valence-electron chi connectivity index (χ3n) is 4.11. The highest BCUT2D eigenvalue weighted by Gasteiger charge is 2.08. The second kappa shape index (κ2) is 9.98. The van der Waals surface area contributed by atoms with E-state index in [0.29, 0.717) is 24.7 Å². The van der Waals surface area contributed by atoms with Gasteiger partial charge in [-0.15, -0.1) is 0 Å². The fourth-order valence-corrected chi connectivity index (χ4v) is 3.39. The summed E-state index contributed by atoms with van der Waals surface area (Å²) in [7, 11) is 0.0340. The minimum atomic E-state index is -3.33. The monoisotopic (exact) mass is 404 g/mol. The molecule has 0 radical (unpaired) electrons. The normalized spacial score (nSPS) is 11.8. The molecule has 0 aliphatic carbocycles. The lowest BCUT2D eigenvalue weighted by molar-refractivity contribution is 0.409. The summed E-state index contributed by atoms with van der Waals surface area (Å²) in [5, 5.41) is 6.48. The molecular formula is C20H28N4O3S. The number of nitrogens with zero attached hydrogens (tertiary/aromatic N) is 1. The van der Waals surface area contributed by atoms with E-state index in [2.05, 4.69) is 33.3 Å². The van der Waals surface area contributed by atoms with E-state index in [4.69, 9.17) is 4.74 Å². The molecule has 0 spiro atoms. The first kappa shape index (κ1) is 21.6. The van der Waals surface area contributed by atoms with E-state index in [-0.39, 0.29) is 0 Å². The maximum Gasteiger partial charge on any atom is 0.229 e. The Morgan fingerprint density at radius 2 is 1.86 bits per heavy atom. The number of anilines is 1. The number of hydrogen-bond acceptors (Lipinski definition) is 4. The number of rotatable bonds is 8. The van der Waals surface area contributed by atoms with Gasteiger partial charge in [0.05, 0.1) is 19.1 Å². The van der Waals surface area contributed by atoms with E-state index in [0.717, 1.165) is 29.6 Å². The fraction of sp³-hybridized carbons (Fsp3) is 0.350. The standard InChI is InChI=1S/C20H28N4O3S/c1-15-9-10-19(27-3)16(13-15)11-12-22-20(21-2)23-14-17-7-5-6-8-18(17)24-28(4,25)26/h5-10,13,24H,11-12,14H2,1-4H3,(H2,21,22,23). The zero-order chi connectivity index (χ0) is 20.6. The van der Waals surface area contributed by atoms with Crippen LogP contribution < -0.4 is 20.1 Å². The molecule has 0 heterocycles. The van der Waals surface area contributed by atoms with Gasteiger partial charge in [0.25, 0.3) is 0 Å². The van der Waals surface area contributed by atoms with Crippen LogP contribution in [0.4, 0.5) is 5.69 Å². The first-order valence-electron chi connectivity index (χ1n) is 8.96. The molecule has 0 aliphatic rings. The number of sulfonamides is 1. The first-order chi connectivity index (χ1) is 13.3. The van der Waals surface area contributed by atoms with Gasteiger partial charge in [0.15, 0.2) is 5.96 Å². The maximum absolute atomic E-state index is 11.5. The molecule has 3 N–H and O–H groups in total. The highest BCUT2D eigenvalue weighted by molar-refractivity contribution is 7.92. The van der Waals surface area contributed by atoms with Crippen molar-refractivity contribution in [1.29, 1.82) is 0 Å². The number of ether oxygens (including phenoxy) is 1. The lowest BCUT2D eigenvalue weighted by Gasteiger charge is -2.15. The number of guanidine groups is 1. The molecule has 0 amide bonds. The first-order valence-corrected chi connectivity index (χ1v) is 10.8. The number of benzene rings is 2. The Bertz CT molecular complexity index is 927. The number of para-hydroxylation sites is 1. The smallest absolute Gasteiger partial charge is 0.229 e. The summed E-state index contributed by atoms with van der Waals surface area (Å²) in [4.78, 5) is 4.22. The lowest BCUT2D eigenvalue weighted by atomic mass is 10.1. The predicted molar refractivity (Wildman–Crippen MR) is 115 cm³/mol. The molecule has 0 saturated carbocycles. The minimum Gasteiger partial charge on any atom is -0.496 e. The van der Waals surface area contributed by atoms with Crippen molar-refractivity contribution in [3.8, 4) is 5.75 Å². The van der Waals surface area contributed by atoms with Gasteiger partial charge in [-0.3, -0.25) is 9.71 Å². The van der Waals surface area contributed by atoms with Crippen LogP contribution in [0, 0.1) is 6.92 Å². The van der Waals surface area contributed by atoms with Gasteiger partial charge in [-0.1, -0.05) is 35.9 Å². The molecule has 0 atom stereocenters. The molecule has 0 aromatic heterocycles. The summed E-state index contributed by atoms with van der Waals surface area (Å²) in [6, 6.07) is 13.4. The zero-order valence-corrected chi connectivity index (χ0v) is 17.6. The van der Waals surface area contributed by atoms with Crippen molar-refractivity contribution in [2.45, 2.75) is 19.9 Å². The highest BCUT2D eigenvalue weighted by atomic mass is 32.2. The van der Waals surface area contributed by atoms with Crippen LogP contribution >= 0.6 is 0 Å². The summed E-state index contributed by atoms with van der Waals surface area (Å²) in [5.41, 5.74) is 3.70. The molecule has 152 valence electrons. The molecule has 0 fully saturated rings. The van der Waals surface area contributed by atoms with Crippen molar-refractivity contribution >= 4 is 21.7 Å². The van der Waals surface area contributed by atoms with E-state index in [1.165, 1.54) is 5.56 Å². The van der Waals surface area contributed by atoms with E-state index in [9.17, 15) is 8.42 Å². The SMILES string of the molecule is CN=C(NCCc1cc(C)ccc1OC)NCc1ccccc1NS(C)(=O)=O. The van der Waals surface area contributed by atoms with Crippen molar-refractivity contribution in [3.05, 3.63) is 59.2 Å². The molecule has 7 nitrogen and oxygen atoms in total. The third-order valence-corrected chi connectivity index (χ3v) is 4.70. The van der Waals surface area contributed by atoms with E-state index < -0.39 is 10.0 Å². The van der Waals surface area contributed by atoms with Crippen molar-refractivity contribution in [3.63, 3.8) is 0 Å². The average Bonchev–Trinajstić information content (AvgIpc) is 2.64. The molecule has 8 heteroatoms. The summed E-state index contributed by atoms with van der Waals surface area (Å²) in [6.45, 7) is 3.17. The van der Waals surface area contributed by atoms with Gasteiger partial charge in [-0.05, 0) is 36.6 Å². The predicted octanol–water partition coefficient (Wildman–Crippen LogP) is 2.28. The number of methoxy groups -OCH3 is 1. The van der Waals surface area contributed by atoms with E-state index in [1.54, 1.807) is 26.3 Å². The van der Waals surface area contributed by atoms with Gasteiger partial charge < -0.3 is 15.4 Å². The van der Waals surface area contributed by atoms with Crippen LogP contribution in [-0.4, -0.2) is 41.3 Å². The van der Waals surface area contributed by atoms with Crippen LogP contribution in [0.2, 0.25) is 0 Å². The van der Waals surface area contributed by atoms with E-state index in [1.807, 2.05) is 24.3 Å². The third kappa shape index (κ3) is 6.77. The molecule has 0 saturated heterocycles. The number of nitrogens with one attached hydrogen (secondary N) is 3. The van der Waals surface area contributed by atoms with Crippen molar-refractivity contribution in [2.75, 3.05) is 31.7 Å². The van der Waals surface area contributed by atoms with Crippen molar-refractivity contribution in [2.24, 2.45) is 4.99 Å². The van der Waals surface area contributed by atoms with Crippen LogP contribution in [0.1, 0.15) is 16.7 Å². The van der Waals surface area contributed by atoms with Gasteiger partial charge in [0.2, 0.25) is 10.0 Å². The fourth-order valence-electron chi connectivity index (χ4n) is 2.79. The molecule has 0 bridgehead atoms. The quantitative estimate of drug-likeness (QED) is 0.464. The Hall–Kier alpha value is -2.74. The Morgan fingerprint density at radius 1 is 1.11 bits per heavy atom. The number of aryl methyl sites for hydroxylation is 1. The van der Waals surface area contributed by atoms with E-state index >= 15 is 0 Å². The minimum absolute atomic E-state index is 0.437. The van der Waals surface area contributed by atoms with Crippen LogP contribution in [0.3, 0.4) is 0 Å². The Morgan fingerprint density at radius 3 is 2.54 bits per heavy atom. The molecule has 0 aliphatic heterocycles. The summed E-state index contributed by atoms with van der Waals surface area (Å²) < 4.78 is 31.0. The maximum atomic E-state index is 11.5. The molecule has 2 aromatic carbocycles. The highest BCUT2D eigenvalue weighted by Crippen LogP contribution is 2.20. The van der Waals surface area contributed by atoms with Gasteiger partial charge >= 0.3 is 0 Å². The van der Waals surface area contributed by atoms with Crippen LogP contribution in [0.15, 0.2) is 47.5 Å². The number of hydrogen-bond donors (Lipinski definition) is 3. The van der Waals surface area contributed by atoms with Gasteiger partial charge in [0, 0.05) is 20.1 Å². The largest absolute Gasteiger partial charge is 0.496 e. The summed E-state index contributed by atoms with van der Waals surface area (Å²) in [6.07, 6.45) is 1.93. The Labute approximate surface area is 167 Å². The molecule has 28 heavy (non-hydrogen) atoms. The topological polar surface area (TPSA) is 91.8 Å². The van der Waals surface area contributed by atoms with Crippen LogP contribution in [0.25, 0.3) is 0 Å². The van der Waals surface area contributed by atoms with Crippen LogP contribution in [-0.2, 0) is 23.0 Å². The van der Waals surface area contributed by atoms with Crippen molar-refractivity contribution < 1.29 is 13.2 Å². The second-order valence-corrected chi connectivity index (χ2v) is 8.20. The zero-order valence-electron chi connectivity index (χ0n) is 16.7. The molecule has 2 aromatic rings. The molecule has 0 unspecified atom stereocenters. The average molecular weight is 405 g/mol. The lowest BCUT2D eigenvalue weighted by Crippen LogP contribution is -2.38. The molecule has 2 rings (SSSR count). The van der Waals surface area contributed by atoms with Crippen LogP contribution in [0.5, 0.6) is 5.75 Å². The van der Waals surface area contributed by atoms with Crippen molar-refractivity contribution in [1.82, 2.24) is 10.6 Å². The second-order valence-electron chi connectivity index (χ2n) is 6.45. The van der Waals surface area contributed by atoms with Gasteiger partial charge in [-0.25, -0.2) is 8.42 Å². The molecular weight excluding hydrogens is 376 g/mol. The van der Waals surface area contributed by atoms with Gasteiger partial charge in [0.1, 0.15) is 5.75 Å². The Balaban J connectivity index is 1.93.